The summed E-state index contributed by atoms with van der Waals surface area (Å²) in [4.78, 5) is 26.5. The van der Waals surface area contributed by atoms with Crippen LogP contribution in [0.3, 0.4) is 0 Å². The van der Waals surface area contributed by atoms with E-state index in [0.29, 0.717) is 17.0 Å². The molecule has 0 aromatic heterocycles. The van der Waals surface area contributed by atoms with Crippen molar-refractivity contribution in [1.29, 1.82) is 0 Å². The lowest BCUT2D eigenvalue weighted by Crippen LogP contribution is -2.43. The average Bonchev–Trinajstić information content (AvgIpc) is 3.12. The Bertz CT molecular complexity index is 908. The fraction of sp³-hybridized carbons (Fsp3) is 0.500. The van der Waals surface area contributed by atoms with Crippen LogP contribution in [-0.2, 0) is 14.3 Å². The number of benzene rings is 1. The second-order valence-corrected chi connectivity index (χ2v) is 9.65. The molecule has 1 saturated carbocycles. The lowest BCUT2D eigenvalue weighted by molar-refractivity contribution is -0.144. The number of esters is 1. The molecule has 2 atom stereocenters. The van der Waals surface area contributed by atoms with Gasteiger partial charge in [-0.25, -0.2) is 4.79 Å². The summed E-state index contributed by atoms with van der Waals surface area (Å²) in [6.07, 6.45) is 6.57. The second kappa shape index (κ2) is 7.64. The van der Waals surface area contributed by atoms with Gasteiger partial charge in [-0.1, -0.05) is 43.7 Å². The summed E-state index contributed by atoms with van der Waals surface area (Å²) < 4.78 is 5.86. The summed E-state index contributed by atoms with van der Waals surface area (Å²) in [5.74, 6) is -0.984. The Morgan fingerprint density at radius 2 is 1.93 bits per heavy atom. The number of rotatable bonds is 3. The van der Waals surface area contributed by atoms with Gasteiger partial charge in [0.1, 0.15) is 11.9 Å². The Morgan fingerprint density at radius 1 is 1.21 bits per heavy atom. The highest BCUT2D eigenvalue weighted by molar-refractivity contribution is 6.30. The van der Waals surface area contributed by atoms with E-state index >= 15 is 0 Å². The van der Waals surface area contributed by atoms with Crippen molar-refractivity contribution < 1.29 is 14.3 Å². The van der Waals surface area contributed by atoms with E-state index in [4.69, 9.17) is 16.3 Å². The molecule has 4 rings (SSSR count). The van der Waals surface area contributed by atoms with Crippen molar-refractivity contribution in [1.82, 2.24) is 5.32 Å². The number of carbonyl (C=O) groups excluding carboxylic acids is 2. The monoisotopic (exact) mass is 413 g/mol. The van der Waals surface area contributed by atoms with Crippen molar-refractivity contribution in [2.45, 2.75) is 64.9 Å². The van der Waals surface area contributed by atoms with Crippen molar-refractivity contribution in [3.05, 3.63) is 57.9 Å². The number of ketones is 1. The Kier molecular flexibility index (Phi) is 5.32. The van der Waals surface area contributed by atoms with Crippen LogP contribution < -0.4 is 5.32 Å². The third-order valence-corrected chi connectivity index (χ3v) is 6.48. The van der Waals surface area contributed by atoms with Crippen LogP contribution in [-0.4, -0.2) is 17.9 Å². The van der Waals surface area contributed by atoms with Gasteiger partial charge in [0.15, 0.2) is 0 Å². The van der Waals surface area contributed by atoms with Crippen LogP contribution in [0.25, 0.3) is 0 Å². The van der Waals surface area contributed by atoms with Gasteiger partial charge in [0, 0.05) is 28.8 Å². The Hall–Kier alpha value is -2.07. The molecule has 0 bridgehead atoms. The van der Waals surface area contributed by atoms with Crippen molar-refractivity contribution in [2.75, 3.05) is 0 Å². The number of allylic oxidation sites excluding steroid dienone is 3. The van der Waals surface area contributed by atoms with Gasteiger partial charge >= 0.3 is 5.97 Å². The highest BCUT2D eigenvalue weighted by Gasteiger charge is 2.46. The maximum absolute atomic E-state index is 13.3. The van der Waals surface area contributed by atoms with E-state index in [1.165, 1.54) is 0 Å². The van der Waals surface area contributed by atoms with E-state index in [0.717, 1.165) is 42.6 Å². The number of Topliss-reactive ketones (excluding diaryl/α,β-unsaturated/α-hetero) is 1. The summed E-state index contributed by atoms with van der Waals surface area (Å²) in [5, 5.41) is 3.95. The van der Waals surface area contributed by atoms with E-state index in [-0.39, 0.29) is 23.3 Å². The van der Waals surface area contributed by atoms with Gasteiger partial charge in [0.2, 0.25) is 0 Å². The first-order valence-corrected chi connectivity index (χ1v) is 10.8. The van der Waals surface area contributed by atoms with E-state index in [9.17, 15) is 9.59 Å². The highest BCUT2D eigenvalue weighted by atomic mass is 35.5. The molecule has 3 aliphatic rings. The number of hydrogen-bond donors (Lipinski definition) is 1. The van der Waals surface area contributed by atoms with E-state index in [1.54, 1.807) is 0 Å². The minimum absolute atomic E-state index is 0.0271. The number of ether oxygens (including phenoxy) is 1. The number of nitrogens with one attached hydrogen (secondary N) is 1. The predicted octanol–water partition coefficient (Wildman–Crippen LogP) is 5.29. The number of hydrogen-bond acceptors (Lipinski definition) is 4. The van der Waals surface area contributed by atoms with Crippen molar-refractivity contribution in [3.8, 4) is 0 Å². The Morgan fingerprint density at radius 3 is 2.62 bits per heavy atom. The fourth-order valence-electron chi connectivity index (χ4n) is 5.02. The van der Waals surface area contributed by atoms with Crippen LogP contribution in [0, 0.1) is 11.3 Å². The number of halogens is 1. The molecule has 1 aliphatic heterocycles. The molecule has 0 saturated heterocycles. The molecule has 2 aliphatic carbocycles. The van der Waals surface area contributed by atoms with Gasteiger partial charge in [0.05, 0.1) is 11.5 Å². The molecule has 0 amide bonds. The zero-order valence-corrected chi connectivity index (χ0v) is 18.0. The van der Waals surface area contributed by atoms with Crippen LogP contribution >= 0.6 is 11.6 Å². The first kappa shape index (κ1) is 20.2. The van der Waals surface area contributed by atoms with Gasteiger partial charge in [-0.15, -0.1) is 0 Å². The maximum atomic E-state index is 13.3. The van der Waals surface area contributed by atoms with Crippen LogP contribution in [0.2, 0.25) is 5.02 Å². The molecule has 154 valence electrons. The molecule has 2 unspecified atom stereocenters. The predicted molar refractivity (Wildman–Crippen MR) is 113 cm³/mol. The van der Waals surface area contributed by atoms with Crippen molar-refractivity contribution >= 4 is 23.4 Å². The first-order valence-electron chi connectivity index (χ1n) is 10.4. The molecule has 0 radical (unpaired) electrons. The topological polar surface area (TPSA) is 55.4 Å². The molecule has 0 spiro atoms. The highest BCUT2D eigenvalue weighted by Crippen LogP contribution is 2.47. The zero-order valence-electron chi connectivity index (χ0n) is 17.3. The van der Waals surface area contributed by atoms with Crippen molar-refractivity contribution in [3.63, 3.8) is 0 Å². The van der Waals surface area contributed by atoms with Crippen LogP contribution in [0.4, 0.5) is 0 Å². The van der Waals surface area contributed by atoms with E-state index < -0.39 is 11.8 Å². The second-order valence-electron chi connectivity index (χ2n) is 9.22. The first-order chi connectivity index (χ1) is 13.7. The molecular formula is C24H28ClNO3. The minimum atomic E-state index is -0.420. The van der Waals surface area contributed by atoms with Crippen LogP contribution in [0.15, 0.2) is 47.3 Å². The van der Waals surface area contributed by atoms with Gasteiger partial charge < -0.3 is 10.1 Å². The largest absolute Gasteiger partial charge is 0.459 e. The van der Waals surface area contributed by atoms with Gasteiger partial charge in [0.25, 0.3) is 0 Å². The maximum Gasteiger partial charge on any atom is 0.336 e. The average molecular weight is 414 g/mol. The molecule has 1 fully saturated rings. The summed E-state index contributed by atoms with van der Waals surface area (Å²) in [7, 11) is 0. The van der Waals surface area contributed by atoms with Crippen molar-refractivity contribution in [2.24, 2.45) is 11.3 Å². The number of carbonyl (C=O) groups is 2. The lowest BCUT2D eigenvalue weighted by atomic mass is 9.66. The molecule has 1 heterocycles. The van der Waals surface area contributed by atoms with Gasteiger partial charge in [-0.2, -0.15) is 0 Å². The summed E-state index contributed by atoms with van der Waals surface area (Å²) in [5.41, 5.74) is 2.85. The molecule has 1 aromatic carbocycles. The SMILES string of the molecule is CC1=C(C(=O)OC2CCCC2)C(c2cccc(Cl)c2)C2C(=O)CC(C)(C)C=C2N1. The summed E-state index contributed by atoms with van der Waals surface area (Å²) in [6, 6.07) is 7.48. The Balaban J connectivity index is 1.80. The standard InChI is InChI=1S/C24H28ClNO3/c1-14-20(23(28)29-17-9-4-5-10-17)21(15-7-6-8-16(25)11-15)22-18(26-14)12-24(2,3)13-19(22)27/h6-8,11-12,17,21-22,26H,4-5,9-10,13H2,1-3H3. The van der Waals surface area contributed by atoms with Crippen LogP contribution in [0.5, 0.6) is 0 Å². The molecule has 1 N–H and O–H groups in total. The molecule has 1 aromatic rings. The molecule has 29 heavy (non-hydrogen) atoms. The third kappa shape index (κ3) is 4.00. The fourth-order valence-corrected chi connectivity index (χ4v) is 5.22. The minimum Gasteiger partial charge on any atom is -0.459 e. The summed E-state index contributed by atoms with van der Waals surface area (Å²) in [6.45, 7) is 6.02. The lowest BCUT2D eigenvalue weighted by Gasteiger charge is -2.41. The third-order valence-electron chi connectivity index (χ3n) is 6.24. The van der Waals surface area contributed by atoms with Crippen LogP contribution in [0.1, 0.15) is 64.4 Å². The summed E-state index contributed by atoms with van der Waals surface area (Å²) >= 11 is 6.27. The zero-order chi connectivity index (χ0) is 20.8. The smallest absolute Gasteiger partial charge is 0.336 e. The Labute approximate surface area is 177 Å². The van der Waals surface area contributed by atoms with E-state index in [2.05, 4.69) is 25.2 Å². The normalized spacial score (nSPS) is 26.6. The molecular weight excluding hydrogens is 386 g/mol. The molecule has 4 nitrogen and oxygen atoms in total. The quantitative estimate of drug-likeness (QED) is 0.684. The van der Waals surface area contributed by atoms with E-state index in [1.807, 2.05) is 31.2 Å². The molecule has 5 heteroatoms. The van der Waals surface area contributed by atoms with Gasteiger partial charge in [-0.05, 0) is 55.7 Å². The van der Waals surface area contributed by atoms with Gasteiger partial charge in [-0.3, -0.25) is 4.79 Å². The number of fused-ring (bicyclic) bond motifs is 1.